The van der Waals surface area contributed by atoms with Gasteiger partial charge in [0.2, 0.25) is 88.6 Å². The van der Waals surface area contributed by atoms with E-state index >= 15 is 0 Å². The summed E-state index contributed by atoms with van der Waals surface area (Å²) < 4.78 is 0. The summed E-state index contributed by atoms with van der Waals surface area (Å²) in [4.78, 5) is 204. The molecule has 34 nitrogen and oxygen atoms in total. The maximum Gasteiger partial charge on any atom is 0.245 e. The van der Waals surface area contributed by atoms with Crippen molar-refractivity contribution >= 4 is 112 Å². The van der Waals surface area contributed by atoms with Gasteiger partial charge in [-0.3, -0.25) is 71.9 Å². The van der Waals surface area contributed by atoms with Gasteiger partial charge >= 0.3 is 0 Å². The third-order valence-electron chi connectivity index (χ3n) is 16.2. The molecule has 1 rings (SSSR count). The average Bonchev–Trinajstić information content (AvgIpc) is 1.75. The lowest BCUT2D eigenvalue weighted by atomic mass is 9.99. The number of aliphatic hydroxyl groups is 2. The highest BCUT2D eigenvalue weighted by Crippen LogP contribution is 2.22. The largest absolute Gasteiger partial charge is 0.394 e. The van der Waals surface area contributed by atoms with Gasteiger partial charge in [-0.2, -0.15) is 23.5 Å². The maximum atomic E-state index is 14.6. The molecule has 1 fully saturated rings. The Bertz CT molecular complexity index is 2730. The Labute approximate surface area is 601 Å². The van der Waals surface area contributed by atoms with Crippen LogP contribution in [0.5, 0.6) is 0 Å². The third kappa shape index (κ3) is 35.4. The smallest absolute Gasteiger partial charge is 0.245 e. The molecule has 0 spiro atoms. The highest BCUT2D eigenvalue weighted by atomic mass is 32.2. The summed E-state index contributed by atoms with van der Waals surface area (Å²) in [5.74, 6) is -12.5. The van der Waals surface area contributed by atoms with Crippen LogP contribution in [0, 0.1) is 23.7 Å². The van der Waals surface area contributed by atoms with Crippen LogP contribution in [0.2, 0.25) is 0 Å². The monoisotopic (exact) mass is 1470 g/mol. The number of likely N-dealkylation sites (tertiary alicyclic amines) is 1. The topological polar surface area (TPSA) is 548 Å². The van der Waals surface area contributed by atoms with Gasteiger partial charge in [-0.1, -0.05) is 55.4 Å². The minimum absolute atomic E-state index is 0.00416. The van der Waals surface area contributed by atoms with Crippen LogP contribution in [0.25, 0.3) is 0 Å². The molecule has 0 aliphatic carbocycles. The predicted octanol–water partition coefficient (Wildman–Crippen LogP) is -4.26. The van der Waals surface area contributed by atoms with Crippen LogP contribution in [-0.4, -0.2) is 240 Å². The van der Waals surface area contributed by atoms with Crippen LogP contribution in [0.15, 0.2) is 0 Å². The van der Waals surface area contributed by atoms with Gasteiger partial charge in [0.15, 0.2) is 0 Å². The van der Waals surface area contributed by atoms with Crippen molar-refractivity contribution in [3.63, 3.8) is 0 Å². The first kappa shape index (κ1) is 91.6. The van der Waals surface area contributed by atoms with E-state index in [1.54, 1.807) is 40.2 Å². The number of nitrogens with zero attached hydrogens (tertiary/aromatic N) is 1. The number of unbranched alkanes of at least 4 members (excludes halogenated alkanes) is 2. The van der Waals surface area contributed by atoms with Crippen molar-refractivity contribution in [1.82, 2.24) is 68.7 Å². The van der Waals surface area contributed by atoms with Crippen LogP contribution in [-0.2, 0) is 71.9 Å². The van der Waals surface area contributed by atoms with Crippen molar-refractivity contribution in [3.8, 4) is 0 Å². The standard InChI is InChI=1S/C65H117N17O17S2/c1-35(2)29-45(54(69)88)77-60(94)47(31-37(5)6)78-57(91)41(18-13-15-25-67)75-63(97)50-19-16-26-82(50)65(99)44(20-21-51(68)86)76-64(98)53(38(7)8)81-58(92)43(23-28-101-11)74-61(95)48(33-83)80-62(96)49(34-84)79-59(93)46(30-36(3)4)72-52(87)32-70-55(89)42(22-27-100-10)73-56(90)40(71-39(9)85)17-12-14-24-66/h35-38,40-50,53,83-84H,12-34,66-67H2,1-11H3,(H2,68,86)(H2,69,88)(H,70,89)(H,71,85)(H,72,87)(H,73,90)(H,74,95)(H,75,97)(H,76,98)(H,77,94)(H,78,91)(H,79,93)(H,80,96)(H,81,92)/t40-,41-,42-,43-,44-,45-,46-,47-,48-,49-,50-,53-/m0/s1. The Morgan fingerprint density at radius 3 is 1.29 bits per heavy atom. The molecule has 15 amide bonds. The first-order valence-corrected chi connectivity index (χ1v) is 37.4. The average molecular weight is 1470 g/mol. The summed E-state index contributed by atoms with van der Waals surface area (Å²) in [6.07, 6.45) is 6.02. The molecule has 0 aromatic carbocycles. The van der Waals surface area contributed by atoms with Gasteiger partial charge in [0.05, 0.1) is 19.8 Å². The molecular weight excluding hydrogens is 1350 g/mol. The van der Waals surface area contributed by atoms with Crippen molar-refractivity contribution in [2.24, 2.45) is 46.6 Å². The van der Waals surface area contributed by atoms with Crippen LogP contribution in [0.1, 0.15) is 159 Å². The number of rotatable bonds is 51. The van der Waals surface area contributed by atoms with Crippen LogP contribution in [0.3, 0.4) is 0 Å². The Morgan fingerprint density at radius 2 is 0.851 bits per heavy atom. The van der Waals surface area contributed by atoms with Crippen molar-refractivity contribution in [2.75, 3.05) is 63.4 Å². The number of primary amides is 2. The van der Waals surface area contributed by atoms with Gasteiger partial charge in [-0.05, 0) is 151 Å². The summed E-state index contributed by atoms with van der Waals surface area (Å²) >= 11 is 2.69. The number of nitrogens with two attached hydrogens (primary N) is 4. The molecule has 0 bridgehead atoms. The number of nitrogens with one attached hydrogen (secondary N) is 12. The van der Waals surface area contributed by atoms with E-state index in [4.69, 9.17) is 22.9 Å². The van der Waals surface area contributed by atoms with Gasteiger partial charge in [0, 0.05) is 19.9 Å². The third-order valence-corrected chi connectivity index (χ3v) is 17.5. The number of aliphatic hydroxyl groups excluding tert-OH is 2. The molecule has 1 saturated heterocycles. The highest BCUT2D eigenvalue weighted by Gasteiger charge is 2.41. The van der Waals surface area contributed by atoms with E-state index in [1.165, 1.54) is 35.3 Å². The molecule has 101 heavy (non-hydrogen) atoms. The SMILES string of the molecule is CSCC[C@H](NC(=O)[C@H](CCCCN)NC(C)=O)C(=O)NCC(=O)N[C@@H](CC(C)C)C(=O)N[C@@H](CO)C(=O)N[C@@H](CO)C(=O)N[C@@H](CCSC)C(=O)N[C@H](C(=O)N[C@@H](CCC(N)=O)C(=O)N1CCC[C@H]1C(=O)N[C@@H](CCCCN)C(=O)N[C@@H](CC(C)C)C(=O)N[C@@H](CC(C)C)C(N)=O)C(C)C. The number of carbonyl (C=O) groups is 15. The molecule has 0 saturated carbocycles. The van der Waals surface area contributed by atoms with Crippen LogP contribution in [0.4, 0.5) is 0 Å². The first-order chi connectivity index (χ1) is 47.6. The second-order valence-corrected chi connectivity index (χ2v) is 28.8. The highest BCUT2D eigenvalue weighted by molar-refractivity contribution is 7.98. The summed E-state index contributed by atoms with van der Waals surface area (Å²) in [6, 6.07) is -15.9. The van der Waals surface area contributed by atoms with E-state index in [0.29, 0.717) is 44.4 Å². The first-order valence-electron chi connectivity index (χ1n) is 34.6. The lowest BCUT2D eigenvalue weighted by Crippen LogP contribution is -2.62. The molecule has 12 atom stereocenters. The van der Waals surface area contributed by atoms with Crippen molar-refractivity contribution in [3.05, 3.63) is 0 Å². The lowest BCUT2D eigenvalue weighted by Gasteiger charge is -2.32. The zero-order valence-corrected chi connectivity index (χ0v) is 62.2. The molecule has 0 aromatic heterocycles. The number of hydrogen-bond donors (Lipinski definition) is 18. The fourth-order valence-corrected chi connectivity index (χ4v) is 11.8. The number of hydrogen-bond acceptors (Lipinski definition) is 21. The summed E-state index contributed by atoms with van der Waals surface area (Å²) in [7, 11) is 0. The number of amides is 15. The molecule has 0 aromatic rings. The summed E-state index contributed by atoms with van der Waals surface area (Å²) in [6.45, 7) is 13.1. The maximum absolute atomic E-state index is 14.6. The molecule has 1 aliphatic rings. The van der Waals surface area contributed by atoms with E-state index in [0.717, 1.165) is 0 Å². The molecule has 36 heteroatoms. The van der Waals surface area contributed by atoms with Gasteiger partial charge in [-0.25, -0.2) is 0 Å². The molecule has 0 radical (unpaired) electrons. The second kappa shape index (κ2) is 49.2. The number of carbonyl (C=O) groups excluding carboxylic acids is 15. The fourth-order valence-electron chi connectivity index (χ4n) is 10.8. The van der Waals surface area contributed by atoms with Crippen LogP contribution >= 0.6 is 23.5 Å². The van der Waals surface area contributed by atoms with E-state index < -0.39 is 193 Å². The Morgan fingerprint density at radius 1 is 0.455 bits per heavy atom. The zero-order valence-electron chi connectivity index (χ0n) is 60.6. The molecule has 1 heterocycles. The number of thioether (sulfide) groups is 2. The van der Waals surface area contributed by atoms with Gasteiger partial charge in [0.1, 0.15) is 72.5 Å². The van der Waals surface area contributed by atoms with Gasteiger partial charge < -0.3 is 102 Å². The van der Waals surface area contributed by atoms with E-state index in [9.17, 15) is 82.1 Å². The van der Waals surface area contributed by atoms with Gasteiger partial charge in [0.25, 0.3) is 0 Å². The van der Waals surface area contributed by atoms with E-state index in [-0.39, 0.29) is 94.4 Å². The van der Waals surface area contributed by atoms with Crippen molar-refractivity contribution < 1.29 is 82.1 Å². The van der Waals surface area contributed by atoms with E-state index in [2.05, 4.69) is 63.8 Å². The molecule has 0 unspecified atom stereocenters. The normalized spacial score (nSPS) is 16.1. The second-order valence-electron chi connectivity index (χ2n) is 26.8. The molecule has 22 N–H and O–H groups in total. The van der Waals surface area contributed by atoms with Crippen molar-refractivity contribution in [2.45, 2.75) is 231 Å². The summed E-state index contributed by atoms with van der Waals surface area (Å²) in [5.41, 5.74) is 22.5. The van der Waals surface area contributed by atoms with E-state index in [1.807, 2.05) is 27.7 Å². The Kier molecular flexibility index (Phi) is 44.7. The van der Waals surface area contributed by atoms with Crippen LogP contribution < -0.4 is 86.7 Å². The Hall–Kier alpha value is -7.41. The molecular formula is C65H117N17O17S2. The quantitative estimate of drug-likeness (QED) is 0.0256. The lowest BCUT2D eigenvalue weighted by molar-refractivity contribution is -0.143. The van der Waals surface area contributed by atoms with Crippen molar-refractivity contribution in [1.29, 1.82) is 0 Å². The Balaban J connectivity index is 3.36. The van der Waals surface area contributed by atoms with Gasteiger partial charge in [-0.15, -0.1) is 0 Å². The molecule has 1 aliphatic heterocycles. The predicted molar refractivity (Wildman–Crippen MR) is 381 cm³/mol. The minimum Gasteiger partial charge on any atom is -0.394 e. The zero-order chi connectivity index (χ0) is 76.6. The fraction of sp³-hybridized carbons (Fsp3) is 0.769. The minimum atomic E-state index is -1.81. The summed E-state index contributed by atoms with van der Waals surface area (Å²) in [5, 5.41) is 51.4. The molecule has 576 valence electrons.